The van der Waals surface area contributed by atoms with Crippen LogP contribution in [0.1, 0.15) is 46.7 Å². The molecular weight excluding hydrogens is 374 g/mol. The van der Waals surface area contributed by atoms with Crippen LogP contribution in [0.5, 0.6) is 5.75 Å². The molecule has 0 saturated heterocycles. The van der Waals surface area contributed by atoms with Gasteiger partial charge in [0.2, 0.25) is 0 Å². The van der Waals surface area contributed by atoms with Crippen molar-refractivity contribution < 1.29 is 9.15 Å². The molecule has 1 atom stereocenters. The Morgan fingerprint density at radius 1 is 1.18 bits per heavy atom. The Hall–Kier alpha value is -2.30. The van der Waals surface area contributed by atoms with E-state index in [1.807, 2.05) is 13.0 Å². The number of ether oxygens (including phenoxy) is 1. The van der Waals surface area contributed by atoms with Gasteiger partial charge in [-0.2, -0.15) is 0 Å². The van der Waals surface area contributed by atoms with Crippen LogP contribution >= 0.6 is 11.6 Å². The van der Waals surface area contributed by atoms with Crippen LogP contribution in [0.2, 0.25) is 5.02 Å². The molecule has 1 aliphatic heterocycles. The van der Waals surface area contributed by atoms with Gasteiger partial charge in [-0.3, -0.25) is 4.90 Å². The molecule has 0 bridgehead atoms. The Morgan fingerprint density at radius 2 is 2.00 bits per heavy atom. The van der Waals surface area contributed by atoms with E-state index in [9.17, 15) is 4.79 Å². The summed E-state index contributed by atoms with van der Waals surface area (Å²) in [5.41, 5.74) is 5.50. The van der Waals surface area contributed by atoms with Crippen molar-refractivity contribution in [1.29, 1.82) is 0 Å². The number of rotatable bonds is 1. The monoisotopic (exact) mass is 395 g/mol. The average molecular weight is 396 g/mol. The standard InChI is InChI=1S/C23H22ClNO3/c1-13-14(2)23(26)28-21-17(13)10-19(24)22-18(21)11-25(12-27-22)20-9-5-7-15-6-3-4-8-16(15)20/h3-4,6,8,10,20H,5,7,9,11-12H2,1-2H3/t20-/m0/s1. The van der Waals surface area contributed by atoms with Crippen LogP contribution in [0.3, 0.4) is 0 Å². The minimum absolute atomic E-state index is 0.297. The molecule has 144 valence electrons. The number of fused-ring (bicyclic) bond motifs is 4. The topological polar surface area (TPSA) is 42.7 Å². The van der Waals surface area contributed by atoms with Gasteiger partial charge in [-0.15, -0.1) is 0 Å². The Kier molecular flexibility index (Phi) is 4.22. The second-order valence-corrected chi connectivity index (χ2v) is 8.22. The Balaban J connectivity index is 1.63. The van der Waals surface area contributed by atoms with E-state index in [4.69, 9.17) is 20.8 Å². The lowest BCUT2D eigenvalue weighted by molar-refractivity contribution is 0.0482. The molecule has 0 amide bonds. The molecule has 1 aromatic heterocycles. The van der Waals surface area contributed by atoms with Crippen LogP contribution in [-0.2, 0) is 13.0 Å². The molecule has 5 rings (SSSR count). The van der Waals surface area contributed by atoms with E-state index in [-0.39, 0.29) is 5.63 Å². The highest BCUT2D eigenvalue weighted by Crippen LogP contribution is 2.43. The Bertz CT molecular complexity index is 1150. The summed E-state index contributed by atoms with van der Waals surface area (Å²) >= 11 is 6.54. The molecule has 1 aliphatic carbocycles. The molecule has 3 aromatic rings. The molecule has 5 heteroatoms. The molecule has 0 spiro atoms. The van der Waals surface area contributed by atoms with E-state index >= 15 is 0 Å². The smallest absolute Gasteiger partial charge is 0.339 e. The highest BCUT2D eigenvalue weighted by Gasteiger charge is 2.32. The van der Waals surface area contributed by atoms with Crippen molar-refractivity contribution in [2.75, 3.05) is 6.73 Å². The van der Waals surface area contributed by atoms with E-state index in [2.05, 4.69) is 29.2 Å². The van der Waals surface area contributed by atoms with Gasteiger partial charge < -0.3 is 9.15 Å². The van der Waals surface area contributed by atoms with Crippen LogP contribution in [0, 0.1) is 13.8 Å². The Labute approximate surface area is 168 Å². The van der Waals surface area contributed by atoms with Gasteiger partial charge in [0, 0.05) is 23.5 Å². The van der Waals surface area contributed by atoms with E-state index in [1.165, 1.54) is 11.1 Å². The number of benzene rings is 2. The number of aryl methyl sites for hydroxylation is 2. The van der Waals surface area contributed by atoms with E-state index in [1.54, 1.807) is 6.92 Å². The summed E-state index contributed by atoms with van der Waals surface area (Å²) in [5.74, 6) is 0.640. The van der Waals surface area contributed by atoms with Crippen molar-refractivity contribution in [2.24, 2.45) is 0 Å². The van der Waals surface area contributed by atoms with E-state index in [0.717, 1.165) is 35.8 Å². The zero-order chi connectivity index (χ0) is 19.4. The molecule has 2 aliphatic rings. The molecule has 0 fully saturated rings. The summed E-state index contributed by atoms with van der Waals surface area (Å²) < 4.78 is 11.8. The van der Waals surface area contributed by atoms with Crippen LogP contribution < -0.4 is 10.4 Å². The zero-order valence-corrected chi connectivity index (χ0v) is 16.8. The molecule has 0 N–H and O–H groups in total. The highest BCUT2D eigenvalue weighted by atomic mass is 35.5. The fourth-order valence-electron chi connectivity index (χ4n) is 4.59. The number of halogens is 1. The van der Waals surface area contributed by atoms with Crippen molar-refractivity contribution in [2.45, 2.75) is 45.7 Å². The lowest BCUT2D eigenvalue weighted by Gasteiger charge is -2.38. The maximum atomic E-state index is 12.3. The number of hydrogen-bond donors (Lipinski definition) is 0. The van der Waals surface area contributed by atoms with Gasteiger partial charge in [0.15, 0.2) is 0 Å². The highest BCUT2D eigenvalue weighted by molar-refractivity contribution is 6.33. The Morgan fingerprint density at radius 3 is 2.86 bits per heavy atom. The second-order valence-electron chi connectivity index (χ2n) is 7.81. The summed E-state index contributed by atoms with van der Waals surface area (Å²) in [6, 6.07) is 10.8. The van der Waals surface area contributed by atoms with Gasteiger partial charge in [0.05, 0.1) is 10.6 Å². The van der Waals surface area contributed by atoms with Crippen molar-refractivity contribution in [3.63, 3.8) is 0 Å². The molecule has 28 heavy (non-hydrogen) atoms. The maximum absolute atomic E-state index is 12.3. The summed E-state index contributed by atoms with van der Waals surface area (Å²) in [6.45, 7) is 4.86. The normalized spacial score (nSPS) is 19.2. The summed E-state index contributed by atoms with van der Waals surface area (Å²) in [6.07, 6.45) is 3.38. The lowest BCUT2D eigenvalue weighted by Crippen LogP contribution is -2.37. The predicted molar refractivity (Wildman–Crippen MR) is 110 cm³/mol. The first-order valence-electron chi connectivity index (χ1n) is 9.74. The fourth-order valence-corrected chi connectivity index (χ4v) is 4.87. The van der Waals surface area contributed by atoms with Gasteiger partial charge in [-0.1, -0.05) is 35.9 Å². The van der Waals surface area contributed by atoms with Crippen LogP contribution in [0.15, 0.2) is 39.5 Å². The van der Waals surface area contributed by atoms with Gasteiger partial charge >= 0.3 is 5.63 Å². The van der Waals surface area contributed by atoms with Crippen LogP contribution in [0.4, 0.5) is 0 Å². The van der Waals surface area contributed by atoms with Crippen LogP contribution in [0.25, 0.3) is 11.0 Å². The number of nitrogens with zero attached hydrogens (tertiary/aromatic N) is 1. The summed E-state index contributed by atoms with van der Waals surface area (Å²) in [4.78, 5) is 14.6. The quantitative estimate of drug-likeness (QED) is 0.525. The van der Waals surface area contributed by atoms with Crippen molar-refractivity contribution in [3.8, 4) is 5.75 Å². The molecular formula is C23H22ClNO3. The second kappa shape index (κ2) is 6.64. The summed E-state index contributed by atoms with van der Waals surface area (Å²) in [5, 5.41) is 1.46. The minimum Gasteiger partial charge on any atom is -0.476 e. The SMILES string of the molecule is Cc1c(C)c2cc(Cl)c3c(c2oc1=O)CN([C@H]1CCCc2ccccc21)CO3. The molecule has 0 saturated carbocycles. The first kappa shape index (κ1) is 17.8. The van der Waals surface area contributed by atoms with Crippen molar-refractivity contribution in [3.05, 3.63) is 73.6 Å². The van der Waals surface area contributed by atoms with Gasteiger partial charge in [-0.05, 0) is 55.9 Å². The molecule has 0 radical (unpaired) electrons. The number of hydrogen-bond acceptors (Lipinski definition) is 4. The maximum Gasteiger partial charge on any atom is 0.339 e. The fraction of sp³-hybridized carbons (Fsp3) is 0.348. The third kappa shape index (κ3) is 2.66. The molecule has 2 heterocycles. The van der Waals surface area contributed by atoms with E-state index in [0.29, 0.717) is 41.2 Å². The third-order valence-corrected chi connectivity index (χ3v) is 6.54. The summed E-state index contributed by atoms with van der Waals surface area (Å²) in [7, 11) is 0. The van der Waals surface area contributed by atoms with Gasteiger partial charge in [0.1, 0.15) is 18.1 Å². The first-order chi connectivity index (χ1) is 13.5. The van der Waals surface area contributed by atoms with E-state index < -0.39 is 0 Å². The van der Waals surface area contributed by atoms with Crippen molar-refractivity contribution >= 4 is 22.6 Å². The predicted octanol–water partition coefficient (Wildman–Crippen LogP) is 5.29. The first-order valence-corrected chi connectivity index (χ1v) is 10.1. The van der Waals surface area contributed by atoms with Gasteiger partial charge in [0.25, 0.3) is 0 Å². The van der Waals surface area contributed by atoms with Crippen LogP contribution in [-0.4, -0.2) is 11.6 Å². The molecule has 4 nitrogen and oxygen atoms in total. The van der Waals surface area contributed by atoms with Gasteiger partial charge in [-0.25, -0.2) is 4.79 Å². The molecule has 0 unspecified atom stereocenters. The average Bonchev–Trinajstić information content (AvgIpc) is 2.72. The third-order valence-electron chi connectivity index (χ3n) is 6.26. The van der Waals surface area contributed by atoms with Crippen molar-refractivity contribution in [1.82, 2.24) is 4.90 Å². The lowest BCUT2D eigenvalue weighted by atomic mass is 9.86. The zero-order valence-electron chi connectivity index (χ0n) is 16.0. The largest absolute Gasteiger partial charge is 0.476 e. The minimum atomic E-state index is -0.297. The molecule has 2 aromatic carbocycles.